The Morgan fingerprint density at radius 2 is 1.81 bits per heavy atom. The third-order valence-corrected chi connectivity index (χ3v) is 3.91. The highest BCUT2D eigenvalue weighted by Gasteiger charge is 2.13. The van der Waals surface area contributed by atoms with Crippen LogP contribution in [-0.2, 0) is 0 Å². The van der Waals surface area contributed by atoms with Gasteiger partial charge in [0, 0.05) is 24.2 Å². The van der Waals surface area contributed by atoms with Crippen LogP contribution in [0.15, 0.2) is 48.9 Å². The number of rotatable bonds is 1. The van der Waals surface area contributed by atoms with Crippen LogP contribution < -0.4 is 0 Å². The van der Waals surface area contributed by atoms with E-state index in [9.17, 15) is 0 Å². The Labute approximate surface area is 125 Å². The molecular weight excluding hydrogens is 274 g/mol. The average Bonchev–Trinajstić information content (AvgIpc) is 2.84. The van der Waals surface area contributed by atoms with Crippen molar-refractivity contribution in [1.29, 1.82) is 0 Å². The van der Waals surface area contributed by atoms with E-state index in [1.807, 2.05) is 36.5 Å². The molecule has 0 aromatic carbocycles. The van der Waals surface area contributed by atoms with E-state index >= 15 is 0 Å². The molecule has 0 saturated heterocycles. The lowest BCUT2D eigenvalue weighted by Crippen LogP contribution is -2.16. The Bertz CT molecular complexity index is 833. The lowest BCUT2D eigenvalue weighted by molar-refractivity contribution is 1.16. The van der Waals surface area contributed by atoms with Crippen LogP contribution in [-0.4, -0.2) is 22.4 Å². The molecule has 3 rings (SSSR count). The molecule has 0 atom stereocenters. The zero-order valence-electron chi connectivity index (χ0n) is 12.5. The van der Waals surface area contributed by atoms with Crippen LogP contribution in [0, 0.1) is 11.5 Å². The summed E-state index contributed by atoms with van der Waals surface area (Å²) in [5.74, 6) is 3.37. The fourth-order valence-electron chi connectivity index (χ4n) is 2.07. The summed E-state index contributed by atoms with van der Waals surface area (Å²) in [7, 11) is -1.44. The quantitative estimate of drug-likeness (QED) is 0.506. The highest BCUT2D eigenvalue weighted by molar-refractivity contribution is 6.83. The van der Waals surface area contributed by atoms with Crippen molar-refractivity contribution in [2.24, 2.45) is 0 Å². The van der Waals surface area contributed by atoms with E-state index in [0.29, 0.717) is 0 Å². The maximum atomic E-state index is 4.73. The van der Waals surface area contributed by atoms with Crippen LogP contribution in [0.3, 0.4) is 0 Å². The molecule has 0 N–H and O–H groups in total. The van der Waals surface area contributed by atoms with Gasteiger partial charge in [0.1, 0.15) is 25.1 Å². The SMILES string of the molecule is C[Si](C)(C)C#Cc1c(-c2ccncc2)nc2ccccn12. The second kappa shape index (κ2) is 5.19. The van der Waals surface area contributed by atoms with Gasteiger partial charge < -0.3 is 0 Å². The number of pyridine rings is 2. The monoisotopic (exact) mass is 291 g/mol. The van der Waals surface area contributed by atoms with Gasteiger partial charge in [-0.2, -0.15) is 0 Å². The van der Waals surface area contributed by atoms with Gasteiger partial charge >= 0.3 is 0 Å². The largest absolute Gasteiger partial charge is 0.292 e. The molecule has 0 aliphatic carbocycles. The third-order valence-electron chi connectivity index (χ3n) is 3.04. The molecule has 3 nitrogen and oxygen atoms in total. The molecule has 0 saturated carbocycles. The van der Waals surface area contributed by atoms with Crippen molar-refractivity contribution in [3.8, 4) is 22.7 Å². The first kappa shape index (κ1) is 13.6. The van der Waals surface area contributed by atoms with Gasteiger partial charge in [-0.15, -0.1) is 5.54 Å². The van der Waals surface area contributed by atoms with Crippen molar-refractivity contribution in [3.05, 3.63) is 54.6 Å². The van der Waals surface area contributed by atoms with E-state index in [2.05, 4.69) is 40.5 Å². The van der Waals surface area contributed by atoms with Crippen molar-refractivity contribution in [3.63, 3.8) is 0 Å². The molecule has 4 heteroatoms. The molecule has 0 aliphatic rings. The van der Waals surface area contributed by atoms with Crippen molar-refractivity contribution < 1.29 is 0 Å². The average molecular weight is 291 g/mol. The number of imidazole rings is 1. The second-order valence-electron chi connectivity index (χ2n) is 5.97. The molecule has 0 amide bonds. The number of hydrogen-bond donors (Lipinski definition) is 0. The van der Waals surface area contributed by atoms with Crippen LogP contribution >= 0.6 is 0 Å². The van der Waals surface area contributed by atoms with Gasteiger partial charge in [0.05, 0.1) is 0 Å². The highest BCUT2D eigenvalue weighted by Crippen LogP contribution is 2.23. The summed E-state index contributed by atoms with van der Waals surface area (Å²) in [4.78, 5) is 8.81. The molecule has 0 aliphatic heterocycles. The van der Waals surface area contributed by atoms with E-state index in [0.717, 1.165) is 22.6 Å². The number of aromatic nitrogens is 3. The Kier molecular flexibility index (Phi) is 3.36. The Balaban J connectivity index is 2.26. The minimum absolute atomic E-state index is 0.921. The van der Waals surface area contributed by atoms with Crippen LogP contribution in [0.25, 0.3) is 16.9 Å². The number of nitrogens with zero attached hydrogens (tertiary/aromatic N) is 3. The Morgan fingerprint density at radius 3 is 2.52 bits per heavy atom. The maximum Gasteiger partial charge on any atom is 0.138 e. The predicted molar refractivity (Wildman–Crippen MR) is 88.6 cm³/mol. The van der Waals surface area contributed by atoms with Gasteiger partial charge in [-0.3, -0.25) is 9.38 Å². The highest BCUT2D eigenvalue weighted by atomic mass is 28.3. The van der Waals surface area contributed by atoms with E-state index < -0.39 is 8.07 Å². The summed E-state index contributed by atoms with van der Waals surface area (Å²) in [6, 6.07) is 9.95. The van der Waals surface area contributed by atoms with E-state index in [1.54, 1.807) is 12.4 Å². The van der Waals surface area contributed by atoms with Crippen LogP contribution in [0.2, 0.25) is 19.6 Å². The molecular formula is C17H17N3Si. The van der Waals surface area contributed by atoms with Gasteiger partial charge in [0.15, 0.2) is 0 Å². The lowest BCUT2D eigenvalue weighted by Gasteiger charge is -2.04. The smallest absolute Gasteiger partial charge is 0.138 e. The summed E-state index contributed by atoms with van der Waals surface area (Å²) in [6.07, 6.45) is 5.59. The second-order valence-corrected chi connectivity index (χ2v) is 10.7. The van der Waals surface area contributed by atoms with Crippen molar-refractivity contribution >= 4 is 13.7 Å². The van der Waals surface area contributed by atoms with Crippen molar-refractivity contribution in [2.45, 2.75) is 19.6 Å². The van der Waals surface area contributed by atoms with Crippen molar-refractivity contribution in [2.75, 3.05) is 0 Å². The molecule has 0 fully saturated rings. The van der Waals surface area contributed by atoms with Crippen LogP contribution in [0.1, 0.15) is 5.69 Å². The normalized spacial score (nSPS) is 11.2. The number of hydrogen-bond acceptors (Lipinski definition) is 2. The summed E-state index contributed by atoms with van der Waals surface area (Å²) >= 11 is 0. The summed E-state index contributed by atoms with van der Waals surface area (Å²) in [5.41, 5.74) is 7.29. The summed E-state index contributed by atoms with van der Waals surface area (Å²) < 4.78 is 2.06. The molecule has 0 unspecified atom stereocenters. The first-order chi connectivity index (χ1) is 10.0. The van der Waals surface area contributed by atoms with Crippen LogP contribution in [0.5, 0.6) is 0 Å². The molecule has 3 aromatic heterocycles. The molecule has 0 radical (unpaired) electrons. The van der Waals surface area contributed by atoms with Gasteiger partial charge in [-0.05, 0) is 24.3 Å². The topological polar surface area (TPSA) is 30.2 Å². The standard InChI is InChI=1S/C17H17N3Si/c1-21(2,3)13-9-15-17(14-7-10-18-11-8-14)19-16-6-4-5-12-20(15)16/h4-8,10-12H,1-3H3. The van der Waals surface area contributed by atoms with E-state index in [1.165, 1.54) is 0 Å². The maximum absolute atomic E-state index is 4.73. The minimum Gasteiger partial charge on any atom is -0.292 e. The first-order valence-electron chi connectivity index (χ1n) is 6.95. The third kappa shape index (κ3) is 2.88. The molecule has 0 spiro atoms. The minimum atomic E-state index is -1.44. The molecule has 3 heterocycles. The molecule has 3 aromatic rings. The lowest BCUT2D eigenvalue weighted by atomic mass is 10.1. The fraction of sp³-hybridized carbons (Fsp3) is 0.176. The molecule has 0 bridgehead atoms. The molecule has 21 heavy (non-hydrogen) atoms. The predicted octanol–water partition coefficient (Wildman–Crippen LogP) is 3.63. The van der Waals surface area contributed by atoms with Crippen LogP contribution in [0.4, 0.5) is 0 Å². The van der Waals surface area contributed by atoms with Gasteiger partial charge in [0.2, 0.25) is 0 Å². The van der Waals surface area contributed by atoms with Crippen molar-refractivity contribution in [1.82, 2.24) is 14.4 Å². The number of fused-ring (bicyclic) bond motifs is 1. The summed E-state index contributed by atoms with van der Waals surface area (Å²) in [6.45, 7) is 6.74. The molecule has 104 valence electrons. The van der Waals surface area contributed by atoms with Gasteiger partial charge in [0.25, 0.3) is 0 Å². The first-order valence-corrected chi connectivity index (χ1v) is 10.5. The zero-order chi connectivity index (χ0) is 14.9. The Hall–Kier alpha value is -2.38. The summed E-state index contributed by atoms with van der Waals surface area (Å²) in [5, 5.41) is 0. The van der Waals surface area contributed by atoms with Gasteiger partial charge in [-0.1, -0.05) is 31.6 Å². The zero-order valence-corrected chi connectivity index (χ0v) is 13.5. The fourth-order valence-corrected chi connectivity index (χ4v) is 2.57. The van der Waals surface area contributed by atoms with E-state index in [-0.39, 0.29) is 0 Å². The van der Waals surface area contributed by atoms with E-state index in [4.69, 9.17) is 4.98 Å². The van der Waals surface area contributed by atoms with Gasteiger partial charge in [-0.25, -0.2) is 4.98 Å². The Morgan fingerprint density at radius 1 is 1.05 bits per heavy atom.